The largest absolute Gasteiger partial charge is 0.396 e. The molecular weight excluding hydrogens is 255 g/mol. The van der Waals surface area contributed by atoms with Crippen molar-refractivity contribution in [2.75, 3.05) is 5.73 Å². The zero-order valence-corrected chi connectivity index (χ0v) is 11.5. The van der Waals surface area contributed by atoms with Gasteiger partial charge in [-0.1, -0.05) is 0 Å². The Labute approximate surface area is 106 Å². The third-order valence-corrected chi connectivity index (χ3v) is 5.28. The van der Waals surface area contributed by atoms with Crippen LogP contribution in [0.25, 0.3) is 0 Å². The number of sulfonamides is 1. The molecule has 1 aromatic carbocycles. The number of aryl methyl sites for hydroxylation is 1. The van der Waals surface area contributed by atoms with Crippen molar-refractivity contribution >= 4 is 15.7 Å². The molecule has 0 spiro atoms. The maximum absolute atomic E-state index is 13.4. The van der Waals surface area contributed by atoms with Gasteiger partial charge in [-0.15, -0.1) is 0 Å². The second-order valence-corrected chi connectivity index (χ2v) is 6.83. The van der Waals surface area contributed by atoms with Gasteiger partial charge in [-0.05, 0) is 50.8 Å². The molecule has 0 radical (unpaired) electrons. The summed E-state index contributed by atoms with van der Waals surface area (Å²) in [5.74, 6) is -0.582. The van der Waals surface area contributed by atoms with Gasteiger partial charge in [0.15, 0.2) is 0 Å². The van der Waals surface area contributed by atoms with Crippen LogP contribution in [0, 0.1) is 19.7 Å². The summed E-state index contributed by atoms with van der Waals surface area (Å²) in [6.07, 6.45) is 1.64. The molecule has 100 valence electrons. The monoisotopic (exact) mass is 272 g/mol. The summed E-state index contributed by atoms with van der Waals surface area (Å²) in [5.41, 5.74) is 5.73. The van der Waals surface area contributed by atoms with E-state index in [0.717, 1.165) is 18.9 Å². The molecular formula is C12H17FN2O2S. The fraction of sp³-hybridized carbons (Fsp3) is 0.500. The highest BCUT2D eigenvalue weighted by molar-refractivity contribution is 7.89. The summed E-state index contributed by atoms with van der Waals surface area (Å²) in [6, 6.07) is 1.16. The molecule has 0 aliphatic heterocycles. The minimum absolute atomic E-state index is 0.0922. The van der Waals surface area contributed by atoms with Gasteiger partial charge in [-0.3, -0.25) is 0 Å². The van der Waals surface area contributed by atoms with Gasteiger partial charge >= 0.3 is 0 Å². The van der Waals surface area contributed by atoms with Crippen molar-refractivity contribution in [1.82, 2.24) is 4.72 Å². The maximum atomic E-state index is 13.4. The van der Waals surface area contributed by atoms with E-state index in [-0.39, 0.29) is 21.7 Å². The molecule has 18 heavy (non-hydrogen) atoms. The molecule has 0 aromatic heterocycles. The summed E-state index contributed by atoms with van der Waals surface area (Å²) in [5, 5.41) is 0. The molecule has 0 amide bonds. The van der Waals surface area contributed by atoms with Crippen molar-refractivity contribution in [2.45, 2.75) is 44.0 Å². The van der Waals surface area contributed by atoms with Crippen molar-refractivity contribution in [3.05, 3.63) is 23.0 Å². The summed E-state index contributed by atoms with van der Waals surface area (Å²) < 4.78 is 40.7. The Morgan fingerprint density at radius 3 is 2.44 bits per heavy atom. The first kappa shape index (κ1) is 13.3. The van der Waals surface area contributed by atoms with Crippen molar-refractivity contribution in [2.24, 2.45) is 0 Å². The first-order chi connectivity index (χ1) is 8.16. The van der Waals surface area contributed by atoms with Crippen LogP contribution in [0.3, 0.4) is 0 Å². The zero-order valence-electron chi connectivity index (χ0n) is 10.7. The van der Waals surface area contributed by atoms with Crippen LogP contribution >= 0.6 is 0 Å². The second kappa shape index (κ2) is 3.93. The van der Waals surface area contributed by atoms with Crippen LogP contribution in [0.1, 0.15) is 30.9 Å². The van der Waals surface area contributed by atoms with Gasteiger partial charge < -0.3 is 5.73 Å². The van der Waals surface area contributed by atoms with Crippen LogP contribution in [0.5, 0.6) is 0 Å². The third kappa shape index (κ3) is 2.22. The van der Waals surface area contributed by atoms with Crippen LogP contribution < -0.4 is 10.5 Å². The number of hydrogen-bond acceptors (Lipinski definition) is 3. The second-order valence-electron chi connectivity index (χ2n) is 5.21. The molecule has 1 saturated carbocycles. The summed E-state index contributed by atoms with van der Waals surface area (Å²) >= 11 is 0. The molecule has 3 N–H and O–H groups in total. The fourth-order valence-electron chi connectivity index (χ4n) is 2.01. The molecule has 4 nitrogen and oxygen atoms in total. The molecule has 0 heterocycles. The molecule has 0 saturated heterocycles. The lowest BCUT2D eigenvalue weighted by Crippen LogP contribution is -2.35. The predicted molar refractivity (Wildman–Crippen MR) is 68.2 cm³/mol. The Hall–Kier alpha value is -1.14. The number of nitrogen functional groups attached to an aromatic ring is 1. The van der Waals surface area contributed by atoms with E-state index in [4.69, 9.17) is 5.73 Å². The molecule has 2 rings (SSSR count). The Morgan fingerprint density at radius 1 is 1.39 bits per heavy atom. The first-order valence-electron chi connectivity index (χ1n) is 5.75. The highest BCUT2D eigenvalue weighted by Crippen LogP contribution is 2.37. The Morgan fingerprint density at radius 2 is 1.94 bits per heavy atom. The number of hydrogen-bond donors (Lipinski definition) is 2. The van der Waals surface area contributed by atoms with Gasteiger partial charge in [0.25, 0.3) is 0 Å². The van der Waals surface area contributed by atoms with Crippen LogP contribution in [-0.2, 0) is 10.0 Å². The Bertz CT molecular complexity index is 607. The van der Waals surface area contributed by atoms with Gasteiger partial charge in [-0.25, -0.2) is 17.5 Å². The smallest absolute Gasteiger partial charge is 0.241 e. The first-order valence-corrected chi connectivity index (χ1v) is 7.24. The van der Waals surface area contributed by atoms with E-state index in [2.05, 4.69) is 4.72 Å². The van der Waals surface area contributed by atoms with Crippen LogP contribution in [0.4, 0.5) is 10.1 Å². The van der Waals surface area contributed by atoms with E-state index < -0.39 is 15.8 Å². The lowest BCUT2D eigenvalue weighted by molar-refractivity contribution is 0.556. The van der Waals surface area contributed by atoms with Crippen LogP contribution in [0.2, 0.25) is 0 Å². The van der Waals surface area contributed by atoms with Gasteiger partial charge in [0.2, 0.25) is 10.0 Å². The zero-order chi connectivity index (χ0) is 13.7. The number of benzene rings is 1. The highest BCUT2D eigenvalue weighted by Gasteiger charge is 2.42. The van der Waals surface area contributed by atoms with Crippen molar-refractivity contribution < 1.29 is 12.8 Å². The minimum atomic E-state index is -3.65. The number of rotatable bonds is 3. The van der Waals surface area contributed by atoms with Gasteiger partial charge in [0.05, 0.1) is 10.6 Å². The minimum Gasteiger partial charge on any atom is -0.396 e. The molecule has 0 bridgehead atoms. The molecule has 6 heteroatoms. The normalized spacial score (nSPS) is 17.8. The van der Waals surface area contributed by atoms with E-state index in [1.54, 1.807) is 6.92 Å². The van der Waals surface area contributed by atoms with Gasteiger partial charge in [0, 0.05) is 5.54 Å². The number of halogens is 1. The number of anilines is 1. The highest BCUT2D eigenvalue weighted by atomic mass is 32.2. The number of nitrogens with two attached hydrogens (primary N) is 1. The quantitative estimate of drug-likeness (QED) is 0.825. The van der Waals surface area contributed by atoms with Crippen LogP contribution in [0.15, 0.2) is 11.0 Å². The average Bonchev–Trinajstić information content (AvgIpc) is 2.90. The molecule has 1 aliphatic rings. The van der Waals surface area contributed by atoms with E-state index in [1.165, 1.54) is 6.92 Å². The maximum Gasteiger partial charge on any atom is 0.241 e. The van der Waals surface area contributed by atoms with E-state index in [9.17, 15) is 12.8 Å². The average molecular weight is 272 g/mol. The topological polar surface area (TPSA) is 72.2 Å². The lowest BCUT2D eigenvalue weighted by atomic mass is 10.1. The van der Waals surface area contributed by atoms with Crippen molar-refractivity contribution in [1.29, 1.82) is 0 Å². The van der Waals surface area contributed by atoms with Gasteiger partial charge in [0.1, 0.15) is 5.82 Å². The molecule has 0 unspecified atom stereocenters. The lowest BCUT2D eigenvalue weighted by Gasteiger charge is -2.17. The van der Waals surface area contributed by atoms with E-state index in [0.29, 0.717) is 5.56 Å². The molecule has 1 fully saturated rings. The van der Waals surface area contributed by atoms with Crippen molar-refractivity contribution in [3.8, 4) is 0 Å². The van der Waals surface area contributed by atoms with Crippen LogP contribution in [-0.4, -0.2) is 14.0 Å². The van der Waals surface area contributed by atoms with Gasteiger partial charge in [-0.2, -0.15) is 0 Å². The molecule has 0 atom stereocenters. The summed E-state index contributed by atoms with van der Waals surface area (Å²) in [6.45, 7) is 4.94. The molecule has 1 aromatic rings. The predicted octanol–water partition coefficient (Wildman–Crippen LogP) is 1.86. The van der Waals surface area contributed by atoms with E-state index >= 15 is 0 Å². The Kier molecular flexibility index (Phi) is 2.90. The molecule has 1 aliphatic carbocycles. The fourth-order valence-corrected chi connectivity index (χ4v) is 3.96. The Balaban J connectivity index is 2.54. The SMILES string of the molecule is Cc1cc(F)c(N)c(C)c1S(=O)(=O)NC1(C)CC1. The third-order valence-electron chi connectivity index (χ3n) is 3.35. The van der Waals surface area contributed by atoms with Crippen molar-refractivity contribution in [3.63, 3.8) is 0 Å². The van der Waals surface area contributed by atoms with E-state index in [1.807, 2.05) is 6.92 Å². The number of nitrogens with one attached hydrogen (secondary N) is 1. The summed E-state index contributed by atoms with van der Waals surface area (Å²) in [4.78, 5) is 0.0922. The summed E-state index contributed by atoms with van der Waals surface area (Å²) in [7, 11) is -3.65. The standard InChI is InChI=1S/C12H17FN2O2S/c1-7-6-9(13)10(14)8(2)11(7)18(16,17)15-12(3)4-5-12/h6,15H,4-5,14H2,1-3H3.